The molecule has 6 nitrogen and oxygen atoms in total. The molecule has 0 unspecified atom stereocenters. The predicted molar refractivity (Wildman–Crippen MR) is 96.9 cm³/mol. The van der Waals surface area contributed by atoms with E-state index in [1.165, 1.54) is 24.3 Å². The first-order valence-corrected chi connectivity index (χ1v) is 8.76. The minimum atomic E-state index is -0.870. The summed E-state index contributed by atoms with van der Waals surface area (Å²) in [4.78, 5) is 35.8. The Morgan fingerprint density at radius 3 is 2.00 bits per heavy atom. The van der Waals surface area contributed by atoms with Crippen LogP contribution in [0.3, 0.4) is 0 Å². The summed E-state index contributed by atoms with van der Waals surface area (Å²) in [6.45, 7) is -0.230. The summed E-state index contributed by atoms with van der Waals surface area (Å²) in [5.41, 5.74) is 0.592. The molecule has 0 aromatic heterocycles. The summed E-state index contributed by atoms with van der Waals surface area (Å²) < 4.78 is 15.6. The van der Waals surface area contributed by atoms with E-state index in [4.69, 9.17) is 37.4 Å². The summed E-state index contributed by atoms with van der Waals surface area (Å²) in [7, 11) is 0. The van der Waals surface area contributed by atoms with Crippen molar-refractivity contribution >= 4 is 41.1 Å². The quantitative estimate of drug-likeness (QED) is 0.554. The first-order chi connectivity index (χ1) is 12.9. The third-order valence-corrected chi connectivity index (χ3v) is 4.37. The highest BCUT2D eigenvalue weighted by molar-refractivity contribution is 6.31. The summed E-state index contributed by atoms with van der Waals surface area (Å²) in [5, 5.41) is 0.975. The molecule has 0 amide bonds. The molecule has 140 valence electrons. The summed E-state index contributed by atoms with van der Waals surface area (Å²) in [6, 6.07) is 12.3. The number of esters is 3. The van der Waals surface area contributed by atoms with Gasteiger partial charge < -0.3 is 14.2 Å². The second-order valence-corrected chi connectivity index (χ2v) is 6.66. The van der Waals surface area contributed by atoms with Crippen LogP contribution in [0.5, 0.6) is 0 Å². The van der Waals surface area contributed by atoms with Gasteiger partial charge in [0.25, 0.3) is 0 Å². The molecule has 1 aliphatic heterocycles. The Morgan fingerprint density at radius 1 is 0.926 bits per heavy atom. The molecule has 0 aliphatic carbocycles. The molecule has 1 aliphatic rings. The summed E-state index contributed by atoms with van der Waals surface area (Å²) >= 11 is 11.6. The minimum absolute atomic E-state index is 0.109. The molecule has 1 saturated heterocycles. The second-order valence-electron chi connectivity index (χ2n) is 5.79. The van der Waals surface area contributed by atoms with E-state index in [1.54, 1.807) is 24.3 Å². The highest BCUT2D eigenvalue weighted by atomic mass is 35.5. The average Bonchev–Trinajstić information content (AvgIpc) is 3.00. The van der Waals surface area contributed by atoms with E-state index in [1.807, 2.05) is 0 Å². The van der Waals surface area contributed by atoms with Crippen LogP contribution in [0.25, 0.3) is 0 Å². The molecular weight excluding hydrogens is 395 g/mol. The first-order valence-electron chi connectivity index (χ1n) is 8.01. The second kappa shape index (κ2) is 8.41. The van der Waals surface area contributed by atoms with Crippen molar-refractivity contribution in [2.24, 2.45) is 0 Å². The highest BCUT2D eigenvalue weighted by Gasteiger charge is 2.39. The molecule has 0 N–H and O–H groups in total. The average molecular weight is 409 g/mol. The Bertz CT molecular complexity index is 848. The Hall–Kier alpha value is -2.57. The van der Waals surface area contributed by atoms with Crippen LogP contribution >= 0.6 is 23.2 Å². The van der Waals surface area contributed by atoms with E-state index < -0.39 is 30.1 Å². The summed E-state index contributed by atoms with van der Waals surface area (Å²) in [5.74, 6) is -1.75. The van der Waals surface area contributed by atoms with Gasteiger partial charge in [-0.25, -0.2) is 9.59 Å². The third kappa shape index (κ3) is 4.99. The van der Waals surface area contributed by atoms with Crippen LogP contribution in [0, 0.1) is 0 Å². The lowest BCUT2D eigenvalue weighted by atomic mass is 10.2. The zero-order valence-corrected chi connectivity index (χ0v) is 15.4. The van der Waals surface area contributed by atoms with Crippen molar-refractivity contribution in [3.63, 3.8) is 0 Å². The molecule has 1 heterocycles. The van der Waals surface area contributed by atoms with Crippen LogP contribution in [-0.4, -0.2) is 36.7 Å². The monoisotopic (exact) mass is 408 g/mol. The van der Waals surface area contributed by atoms with Gasteiger partial charge in [-0.3, -0.25) is 4.79 Å². The van der Waals surface area contributed by atoms with Crippen molar-refractivity contribution in [2.45, 2.75) is 18.6 Å². The topological polar surface area (TPSA) is 78.9 Å². The van der Waals surface area contributed by atoms with Gasteiger partial charge in [-0.1, -0.05) is 23.2 Å². The smallest absolute Gasteiger partial charge is 0.338 e. The maximum absolute atomic E-state index is 12.2. The van der Waals surface area contributed by atoms with Gasteiger partial charge in [-0.15, -0.1) is 0 Å². The lowest BCUT2D eigenvalue weighted by Crippen LogP contribution is -2.32. The molecule has 0 bridgehead atoms. The van der Waals surface area contributed by atoms with E-state index in [0.717, 1.165) is 0 Å². The summed E-state index contributed by atoms with van der Waals surface area (Å²) in [6.07, 6.45) is -1.83. The molecule has 2 aromatic rings. The van der Waals surface area contributed by atoms with Gasteiger partial charge in [0.1, 0.15) is 6.61 Å². The normalized spacial score (nSPS) is 18.7. The highest BCUT2D eigenvalue weighted by Crippen LogP contribution is 2.21. The Kier molecular flexibility index (Phi) is 5.98. The number of hydrogen-bond acceptors (Lipinski definition) is 6. The van der Waals surface area contributed by atoms with Gasteiger partial charge in [0.15, 0.2) is 12.2 Å². The maximum Gasteiger partial charge on any atom is 0.338 e. The van der Waals surface area contributed by atoms with Crippen LogP contribution in [-0.2, 0) is 19.0 Å². The van der Waals surface area contributed by atoms with Gasteiger partial charge >= 0.3 is 17.9 Å². The Labute approximate surface area is 164 Å². The number of hydrogen-bond donors (Lipinski definition) is 0. The lowest BCUT2D eigenvalue weighted by molar-refractivity contribution is -0.143. The van der Waals surface area contributed by atoms with Crippen LogP contribution in [0.4, 0.5) is 0 Å². The van der Waals surface area contributed by atoms with Gasteiger partial charge in [0, 0.05) is 10.0 Å². The number of carbonyl (C=O) groups is 3. The van der Waals surface area contributed by atoms with Crippen molar-refractivity contribution in [3.05, 3.63) is 69.7 Å². The van der Waals surface area contributed by atoms with E-state index in [9.17, 15) is 14.4 Å². The third-order valence-electron chi connectivity index (χ3n) is 3.86. The molecule has 0 spiro atoms. The zero-order chi connectivity index (χ0) is 19.4. The minimum Gasteiger partial charge on any atom is -0.458 e. The van der Waals surface area contributed by atoms with Crippen molar-refractivity contribution in [3.8, 4) is 0 Å². The molecule has 1 fully saturated rings. The fourth-order valence-electron chi connectivity index (χ4n) is 2.47. The van der Waals surface area contributed by atoms with Crippen molar-refractivity contribution in [2.75, 3.05) is 6.61 Å². The van der Waals surface area contributed by atoms with E-state index >= 15 is 0 Å². The van der Waals surface area contributed by atoms with Crippen molar-refractivity contribution < 1.29 is 28.6 Å². The fourth-order valence-corrected chi connectivity index (χ4v) is 2.72. The van der Waals surface area contributed by atoms with Crippen LogP contribution < -0.4 is 0 Å². The van der Waals surface area contributed by atoms with Crippen LogP contribution in [0.1, 0.15) is 27.1 Å². The standard InChI is InChI=1S/C19H14Cl2O6/c20-13-5-1-11(2-6-13)18(23)25-10-16-15(9-17(22)26-16)27-19(24)12-3-7-14(21)8-4-12/h1-8,15-16H,9-10H2/t15-,16+/m0/s1. The molecule has 2 aromatic carbocycles. The zero-order valence-electron chi connectivity index (χ0n) is 13.9. The van der Waals surface area contributed by atoms with E-state index in [-0.39, 0.29) is 18.6 Å². The SMILES string of the molecule is O=C1C[C@H](OC(=O)c2ccc(Cl)cc2)[C@@H](COC(=O)c2ccc(Cl)cc2)O1. The van der Waals surface area contributed by atoms with Crippen molar-refractivity contribution in [1.29, 1.82) is 0 Å². The number of rotatable bonds is 5. The number of carbonyl (C=O) groups excluding carboxylic acids is 3. The Balaban J connectivity index is 1.59. The van der Waals surface area contributed by atoms with Gasteiger partial charge in [0.05, 0.1) is 17.5 Å². The molecule has 8 heteroatoms. The molecule has 0 saturated carbocycles. The number of ether oxygens (including phenoxy) is 3. The maximum atomic E-state index is 12.2. The fraction of sp³-hybridized carbons (Fsp3) is 0.211. The van der Waals surface area contributed by atoms with Gasteiger partial charge in [0.2, 0.25) is 0 Å². The molecule has 3 rings (SSSR count). The van der Waals surface area contributed by atoms with Crippen LogP contribution in [0.2, 0.25) is 10.0 Å². The van der Waals surface area contributed by atoms with Crippen molar-refractivity contribution in [1.82, 2.24) is 0 Å². The Morgan fingerprint density at radius 2 is 1.44 bits per heavy atom. The number of cyclic esters (lactones) is 1. The first kappa shape index (κ1) is 19.2. The molecule has 2 atom stereocenters. The van der Waals surface area contributed by atoms with Gasteiger partial charge in [-0.2, -0.15) is 0 Å². The predicted octanol–water partition coefficient (Wildman–Crippen LogP) is 3.69. The van der Waals surface area contributed by atoms with E-state index in [0.29, 0.717) is 15.6 Å². The van der Waals surface area contributed by atoms with Gasteiger partial charge in [-0.05, 0) is 48.5 Å². The van der Waals surface area contributed by atoms with E-state index in [2.05, 4.69) is 0 Å². The molecule has 0 radical (unpaired) electrons. The number of halogens is 2. The lowest BCUT2D eigenvalue weighted by Gasteiger charge is -2.18. The largest absolute Gasteiger partial charge is 0.458 e. The molecule has 27 heavy (non-hydrogen) atoms. The molecular formula is C19H14Cl2O6. The number of benzene rings is 2. The van der Waals surface area contributed by atoms with Crippen LogP contribution in [0.15, 0.2) is 48.5 Å².